The molecule has 0 saturated heterocycles. The summed E-state index contributed by atoms with van der Waals surface area (Å²) in [5.74, 6) is -1.19. The van der Waals surface area contributed by atoms with Crippen LogP contribution < -0.4 is 38.9 Å². The summed E-state index contributed by atoms with van der Waals surface area (Å²) in [4.78, 5) is 0. The summed E-state index contributed by atoms with van der Waals surface area (Å²) < 4.78 is 39.5. The molecule has 4 rings (SSSR count). The van der Waals surface area contributed by atoms with Gasteiger partial charge in [0.05, 0.1) is 49.5 Å². The molecule has 2 atom stereocenters. The number of rotatable bonds is 6. The Hall–Kier alpha value is -2.34. The number of hydrogen-bond donors (Lipinski definition) is 9. The summed E-state index contributed by atoms with van der Waals surface area (Å²) in [7, 11) is 4.11. The summed E-state index contributed by atoms with van der Waals surface area (Å²) >= 11 is 4.89. The number of likely N-dealkylation sites (N-methyl/N-ethyl adjacent to an activating group) is 2. The van der Waals surface area contributed by atoms with Crippen molar-refractivity contribution >= 4 is 61.3 Å². The fraction of sp³-hybridized carbons (Fsp3) is 0.471. The molecule has 0 aliphatic heterocycles. The summed E-state index contributed by atoms with van der Waals surface area (Å²) in [5, 5.41) is 26.8. The van der Waals surface area contributed by atoms with Gasteiger partial charge in [-0.25, -0.2) is 13.2 Å². The highest BCUT2D eigenvalue weighted by Gasteiger charge is 2.21. The molecule has 0 amide bonds. The van der Waals surface area contributed by atoms with Crippen molar-refractivity contribution in [1.29, 1.82) is 0 Å². The van der Waals surface area contributed by atoms with E-state index in [1.165, 1.54) is 43.9 Å². The first-order chi connectivity index (χ1) is 22.3. The summed E-state index contributed by atoms with van der Waals surface area (Å²) in [6.07, 6.45) is 5.46. The summed E-state index contributed by atoms with van der Waals surface area (Å²) in [6, 6.07) is 15.9. The van der Waals surface area contributed by atoms with Crippen LogP contribution in [0.4, 0.5) is 35.9 Å². The van der Waals surface area contributed by atoms with E-state index in [4.69, 9.17) is 33.1 Å². The van der Waals surface area contributed by atoms with Crippen molar-refractivity contribution < 1.29 is 23.4 Å². The third-order valence-electron chi connectivity index (χ3n) is 6.77. The van der Waals surface area contributed by atoms with Crippen molar-refractivity contribution in [3.8, 4) is 0 Å². The standard InChI is InChI=1S/C10H15FN2O.C8H18N2.C6H5BrFN.C6H5FIN.C4H11NO/c1-10(2,6-14)13-8-5-3-4-7(12)9(8)11;1-9-7-5-3-4-6-8(7)10-2;7-4-2-1-3-5(9)6(4)8;7-6-4(8)2-1-3-5(6)9;1-4(2,5)3-6/h3-5,13-14H,6,12H2,1-2H3;7-10H,3-6H2,1-2H3;2*1-3H,9H2;6H,3,5H2,1-2H3/t;7-,8-;;;/m.1.../s1. The monoisotopic (exact) mass is 855 g/mol. The fourth-order valence-corrected chi connectivity index (χ4v) is 4.81. The highest BCUT2D eigenvalue weighted by atomic mass is 127. The van der Waals surface area contributed by atoms with Crippen molar-refractivity contribution in [1.82, 2.24) is 10.6 Å². The first-order valence-corrected chi connectivity index (χ1v) is 17.3. The molecule has 0 bridgehead atoms. The molecule has 1 aliphatic carbocycles. The number of aliphatic hydroxyl groups is 2. The van der Waals surface area contributed by atoms with Crippen molar-refractivity contribution in [3.05, 3.63) is 80.1 Å². The lowest BCUT2D eigenvalue weighted by molar-refractivity contribution is 0.221. The van der Waals surface area contributed by atoms with Crippen LogP contribution in [-0.2, 0) is 0 Å². The Labute approximate surface area is 306 Å². The second kappa shape index (κ2) is 23.1. The number of benzene rings is 3. The van der Waals surface area contributed by atoms with E-state index < -0.39 is 22.7 Å². The number of nitrogen functional groups attached to an aromatic ring is 3. The number of aliphatic hydroxyl groups excluding tert-OH is 2. The van der Waals surface area contributed by atoms with Crippen LogP contribution >= 0.6 is 38.5 Å². The van der Waals surface area contributed by atoms with Gasteiger partial charge >= 0.3 is 0 Å². The smallest absolute Gasteiger partial charge is 0.169 e. The lowest BCUT2D eigenvalue weighted by atomic mass is 9.91. The van der Waals surface area contributed by atoms with Crippen molar-refractivity contribution in [2.45, 2.75) is 76.5 Å². The van der Waals surface area contributed by atoms with Gasteiger partial charge < -0.3 is 49.1 Å². The van der Waals surface area contributed by atoms with Gasteiger partial charge in [-0.05, 0) is 130 Å². The minimum absolute atomic E-state index is 0.0486. The van der Waals surface area contributed by atoms with E-state index in [1.54, 1.807) is 64.1 Å². The Kier molecular flexibility index (Phi) is 22.0. The molecular formula is C34H54BrF3IN7O2. The number of hydrogen-bond acceptors (Lipinski definition) is 9. The molecule has 0 spiro atoms. The molecule has 0 radical (unpaired) electrons. The molecule has 48 heavy (non-hydrogen) atoms. The largest absolute Gasteiger partial charge is 0.396 e. The zero-order chi connectivity index (χ0) is 37.1. The first-order valence-electron chi connectivity index (χ1n) is 15.4. The van der Waals surface area contributed by atoms with Gasteiger partial charge in [0.2, 0.25) is 0 Å². The van der Waals surface area contributed by atoms with Crippen LogP contribution in [0.5, 0.6) is 0 Å². The third kappa shape index (κ3) is 18.4. The Morgan fingerprint density at radius 3 is 1.52 bits per heavy atom. The average Bonchev–Trinajstić information content (AvgIpc) is 3.05. The fourth-order valence-electron chi connectivity index (χ4n) is 3.91. The van der Waals surface area contributed by atoms with E-state index in [9.17, 15) is 13.2 Å². The lowest BCUT2D eigenvalue weighted by Crippen LogP contribution is -2.47. The number of halogens is 5. The van der Waals surface area contributed by atoms with E-state index in [1.807, 2.05) is 22.6 Å². The van der Waals surface area contributed by atoms with Gasteiger partial charge in [0, 0.05) is 17.6 Å². The van der Waals surface area contributed by atoms with Gasteiger partial charge in [-0.3, -0.25) is 0 Å². The SMILES string of the molecule is CC(C)(CO)Nc1cccc(N)c1F.CC(C)(N)CO.CN[C@@H]1CCCC[C@H]1NC.Nc1cccc(Br)c1F.Nc1cccc(I)c1F. The van der Waals surface area contributed by atoms with E-state index in [0.29, 0.717) is 25.8 Å². The number of nitrogens with two attached hydrogens (primary N) is 4. The topological polar surface area (TPSA) is 181 Å². The van der Waals surface area contributed by atoms with E-state index in [2.05, 4.69) is 46.0 Å². The molecule has 0 heterocycles. The molecule has 1 fully saturated rings. The maximum absolute atomic E-state index is 13.4. The zero-order valence-corrected chi connectivity index (χ0v) is 32.4. The maximum atomic E-state index is 13.4. The molecule has 13 N–H and O–H groups in total. The first kappa shape index (κ1) is 45.7. The van der Waals surface area contributed by atoms with Crippen LogP contribution in [0, 0.1) is 21.0 Å². The van der Waals surface area contributed by atoms with Crippen LogP contribution in [0.25, 0.3) is 0 Å². The molecule has 0 aromatic heterocycles. The van der Waals surface area contributed by atoms with Crippen LogP contribution in [-0.4, -0.2) is 60.7 Å². The van der Waals surface area contributed by atoms with E-state index in [-0.39, 0.29) is 36.1 Å². The Balaban J connectivity index is 0.000000590. The van der Waals surface area contributed by atoms with Crippen molar-refractivity contribution in [2.24, 2.45) is 5.73 Å². The van der Waals surface area contributed by atoms with Crippen molar-refractivity contribution in [2.75, 3.05) is 49.8 Å². The zero-order valence-electron chi connectivity index (χ0n) is 28.7. The van der Waals surface area contributed by atoms with Crippen LogP contribution in [0.2, 0.25) is 0 Å². The van der Waals surface area contributed by atoms with Crippen LogP contribution in [0.15, 0.2) is 59.1 Å². The molecule has 1 aliphatic rings. The quantitative estimate of drug-likeness (QED) is 0.103. The molecule has 9 nitrogen and oxygen atoms in total. The second-order valence-corrected chi connectivity index (χ2v) is 14.4. The second-order valence-electron chi connectivity index (χ2n) is 12.4. The molecule has 3 aromatic carbocycles. The molecule has 0 unspecified atom stereocenters. The average molecular weight is 857 g/mol. The van der Waals surface area contributed by atoms with Crippen molar-refractivity contribution in [3.63, 3.8) is 0 Å². The van der Waals surface area contributed by atoms with Gasteiger partial charge in [-0.1, -0.05) is 31.0 Å². The molecule has 14 heteroatoms. The minimum Gasteiger partial charge on any atom is -0.396 e. The van der Waals surface area contributed by atoms with Gasteiger partial charge in [0.25, 0.3) is 0 Å². The van der Waals surface area contributed by atoms with Gasteiger partial charge in [0.15, 0.2) is 17.5 Å². The lowest BCUT2D eigenvalue weighted by Gasteiger charge is -2.30. The Morgan fingerprint density at radius 1 is 0.750 bits per heavy atom. The number of nitrogens with one attached hydrogen (secondary N) is 3. The van der Waals surface area contributed by atoms with E-state index >= 15 is 0 Å². The number of anilines is 4. The van der Waals surface area contributed by atoms with Gasteiger partial charge in [-0.2, -0.15) is 0 Å². The highest BCUT2D eigenvalue weighted by Crippen LogP contribution is 2.23. The Morgan fingerprint density at radius 2 is 1.17 bits per heavy atom. The summed E-state index contributed by atoms with van der Waals surface area (Å²) in [6.45, 7) is 7.06. The van der Waals surface area contributed by atoms with Gasteiger partial charge in [0.1, 0.15) is 0 Å². The minimum atomic E-state index is -0.561. The Bertz CT molecular complexity index is 1250. The molecule has 1 saturated carbocycles. The third-order valence-corrected chi connectivity index (χ3v) is 8.22. The summed E-state index contributed by atoms with van der Waals surface area (Å²) in [5.41, 5.74) is 21.0. The van der Waals surface area contributed by atoms with Gasteiger partial charge in [-0.15, -0.1) is 0 Å². The predicted octanol–water partition coefficient (Wildman–Crippen LogP) is 6.23. The molecular weight excluding hydrogens is 802 g/mol. The van der Waals surface area contributed by atoms with Crippen LogP contribution in [0.1, 0.15) is 53.4 Å². The maximum Gasteiger partial charge on any atom is 0.169 e. The highest BCUT2D eigenvalue weighted by molar-refractivity contribution is 14.1. The predicted molar refractivity (Wildman–Crippen MR) is 207 cm³/mol. The van der Waals surface area contributed by atoms with E-state index in [0.717, 1.165) is 0 Å². The normalized spacial score (nSPS) is 15.5. The molecule has 3 aromatic rings. The van der Waals surface area contributed by atoms with Crippen LogP contribution in [0.3, 0.4) is 0 Å². The molecule has 272 valence electrons.